The van der Waals surface area contributed by atoms with Crippen LogP contribution in [0.1, 0.15) is 13.8 Å². The Morgan fingerprint density at radius 1 is 0.404 bits per heavy atom. The third-order valence-corrected chi connectivity index (χ3v) is 8.92. The maximum atomic E-state index is 11.0. The van der Waals surface area contributed by atoms with Crippen LogP contribution >= 0.6 is 0 Å². The molecule has 0 aliphatic carbocycles. The van der Waals surface area contributed by atoms with Crippen molar-refractivity contribution >= 4 is 0 Å². The molecule has 8 unspecified atom stereocenters. The third kappa shape index (κ3) is 7.92. The molecule has 0 saturated carbocycles. The molecular formula is C27H48O20. The fourth-order valence-electron chi connectivity index (χ4n) is 6.15. The van der Waals surface area contributed by atoms with Crippen molar-refractivity contribution in [3.63, 3.8) is 0 Å². The minimum Gasteiger partial charge on any atom is -0.394 e. The van der Waals surface area contributed by atoms with E-state index in [0.717, 1.165) is 0 Å². The van der Waals surface area contributed by atoms with Gasteiger partial charge in [0.15, 0.2) is 18.9 Å². The maximum Gasteiger partial charge on any atom is 0.187 e. The zero-order valence-corrected chi connectivity index (χ0v) is 25.6. The smallest absolute Gasteiger partial charge is 0.187 e. The molecule has 4 heterocycles. The van der Waals surface area contributed by atoms with E-state index in [4.69, 9.17) is 33.2 Å². The number of rotatable bonds is 11. The second kappa shape index (κ2) is 16.5. The van der Waals surface area contributed by atoms with Gasteiger partial charge in [0.05, 0.1) is 32.5 Å². The second-order valence-corrected chi connectivity index (χ2v) is 12.5. The van der Waals surface area contributed by atoms with E-state index in [-0.39, 0.29) is 5.92 Å². The predicted molar refractivity (Wildman–Crippen MR) is 147 cm³/mol. The van der Waals surface area contributed by atoms with Crippen LogP contribution < -0.4 is 0 Å². The van der Waals surface area contributed by atoms with Gasteiger partial charge in [-0.15, -0.1) is 0 Å². The van der Waals surface area contributed by atoms with E-state index >= 15 is 0 Å². The molecule has 4 fully saturated rings. The summed E-state index contributed by atoms with van der Waals surface area (Å²) in [6.45, 7) is 0.299. The van der Waals surface area contributed by atoms with E-state index in [0.29, 0.717) is 0 Å². The van der Waals surface area contributed by atoms with Gasteiger partial charge < -0.3 is 99.5 Å². The standard InChI is InChI=1S/C27H48O20/c1-7(2)21-14(34)15(35)22(9(4-29)41-21)45-26-19(39)17(37)24(11(6-31)43-26)47-27-20(40)16(36)23(10(5-30)44-27)46-25-18(38)13(33)12(32)8(3-28)42-25/h7-40H,3-6H2,1-2H3/t8?,9?,10?,11?,12-,13-,14?,15+,16+,17+,18?,19?,20?,21-,22-,23-,24-,25-,26-,27-/m1/s1. The molecule has 20 heteroatoms. The zero-order valence-electron chi connectivity index (χ0n) is 25.6. The lowest BCUT2D eigenvalue weighted by atomic mass is 9.89. The molecule has 276 valence electrons. The minimum absolute atomic E-state index is 0.249. The van der Waals surface area contributed by atoms with Gasteiger partial charge >= 0.3 is 0 Å². The average molecular weight is 693 g/mol. The monoisotopic (exact) mass is 692 g/mol. The summed E-state index contributed by atoms with van der Waals surface area (Å²) in [5, 5.41) is 134. The van der Waals surface area contributed by atoms with E-state index in [2.05, 4.69) is 0 Å². The Kier molecular flexibility index (Phi) is 13.7. The summed E-state index contributed by atoms with van der Waals surface area (Å²) in [5.74, 6) is -0.249. The van der Waals surface area contributed by atoms with Gasteiger partial charge in [0.25, 0.3) is 0 Å². The van der Waals surface area contributed by atoms with Crippen LogP contribution in [0.2, 0.25) is 0 Å². The molecule has 4 aliphatic rings. The first-order chi connectivity index (χ1) is 22.2. The highest BCUT2D eigenvalue weighted by atomic mass is 16.8. The lowest BCUT2D eigenvalue weighted by molar-refractivity contribution is -0.385. The van der Waals surface area contributed by atoms with Crippen LogP contribution in [0.15, 0.2) is 0 Å². The molecule has 0 aromatic heterocycles. The molecular weight excluding hydrogens is 644 g/mol. The van der Waals surface area contributed by atoms with Crippen molar-refractivity contribution in [1.82, 2.24) is 0 Å². The van der Waals surface area contributed by atoms with Crippen LogP contribution in [0.4, 0.5) is 0 Å². The maximum absolute atomic E-state index is 11.0. The highest BCUT2D eigenvalue weighted by Gasteiger charge is 2.55. The molecule has 4 aliphatic heterocycles. The first-order valence-electron chi connectivity index (χ1n) is 15.3. The predicted octanol–water partition coefficient (Wildman–Crippen LogP) is -8.04. The number of hydrogen-bond donors (Lipinski definition) is 13. The summed E-state index contributed by atoms with van der Waals surface area (Å²) in [4.78, 5) is 0. The van der Waals surface area contributed by atoms with Crippen molar-refractivity contribution in [3.8, 4) is 0 Å². The highest BCUT2D eigenvalue weighted by Crippen LogP contribution is 2.34. The van der Waals surface area contributed by atoms with E-state index < -0.39 is 149 Å². The van der Waals surface area contributed by atoms with Crippen LogP contribution in [0.5, 0.6) is 0 Å². The summed E-state index contributed by atoms with van der Waals surface area (Å²) in [7, 11) is 0. The van der Waals surface area contributed by atoms with Crippen LogP contribution in [0, 0.1) is 5.92 Å². The summed E-state index contributed by atoms with van der Waals surface area (Å²) in [5.41, 5.74) is 0. The van der Waals surface area contributed by atoms with Crippen molar-refractivity contribution in [2.75, 3.05) is 26.4 Å². The van der Waals surface area contributed by atoms with Gasteiger partial charge in [0.1, 0.15) is 97.7 Å². The van der Waals surface area contributed by atoms with Crippen LogP contribution in [-0.4, -0.2) is 215 Å². The summed E-state index contributed by atoms with van der Waals surface area (Å²) < 4.78 is 38.9. The van der Waals surface area contributed by atoms with Crippen molar-refractivity contribution in [2.24, 2.45) is 5.92 Å². The fraction of sp³-hybridized carbons (Fsp3) is 1.00. The molecule has 4 rings (SSSR count). The zero-order chi connectivity index (χ0) is 34.9. The number of hydrogen-bond acceptors (Lipinski definition) is 20. The summed E-state index contributed by atoms with van der Waals surface area (Å²) in [6.07, 6.45) is -32.8. The SMILES string of the molecule is CC(C)[C@H]1OC(CO)[C@@H](O[C@H]2OC(CO)[C@@H](O[C@H]3OC(CO)[C@@H](O[C@H]4OC(CO)[C@@H](O)[C@@H](O)C4O)[C@@H](O)C3O)[C@@H](O)C2O)[C@@H](O)C1O. The summed E-state index contributed by atoms with van der Waals surface area (Å²) >= 11 is 0. The topological polar surface area (TPSA) is 328 Å². The van der Waals surface area contributed by atoms with Gasteiger partial charge in [-0.05, 0) is 5.92 Å². The molecule has 20 nitrogen and oxygen atoms in total. The van der Waals surface area contributed by atoms with Crippen LogP contribution in [0.3, 0.4) is 0 Å². The normalized spacial score (nSPS) is 51.3. The van der Waals surface area contributed by atoms with Gasteiger partial charge in [-0.3, -0.25) is 0 Å². The Balaban J connectivity index is 1.43. The molecule has 4 saturated heterocycles. The quantitative estimate of drug-likeness (QED) is 0.0956. The van der Waals surface area contributed by atoms with Gasteiger partial charge in [-0.2, -0.15) is 0 Å². The molecule has 0 radical (unpaired) electrons. The second-order valence-electron chi connectivity index (χ2n) is 12.5. The molecule has 0 aromatic rings. The van der Waals surface area contributed by atoms with Crippen molar-refractivity contribution in [1.29, 1.82) is 0 Å². The molecule has 0 bridgehead atoms. The first-order valence-corrected chi connectivity index (χ1v) is 15.3. The van der Waals surface area contributed by atoms with Crippen molar-refractivity contribution in [2.45, 2.75) is 136 Å². The molecule has 20 atom stereocenters. The number of aliphatic hydroxyl groups excluding tert-OH is 13. The van der Waals surface area contributed by atoms with Gasteiger partial charge in [-0.1, -0.05) is 13.8 Å². The third-order valence-electron chi connectivity index (χ3n) is 8.92. The molecule has 0 spiro atoms. The van der Waals surface area contributed by atoms with Gasteiger partial charge in [0.2, 0.25) is 0 Å². The first kappa shape index (κ1) is 39.0. The van der Waals surface area contributed by atoms with E-state index in [9.17, 15) is 66.4 Å². The largest absolute Gasteiger partial charge is 0.394 e. The molecule has 0 amide bonds. The lowest BCUT2D eigenvalue weighted by Crippen LogP contribution is -2.67. The van der Waals surface area contributed by atoms with Gasteiger partial charge in [0, 0.05) is 0 Å². The Morgan fingerprint density at radius 3 is 1.09 bits per heavy atom. The summed E-state index contributed by atoms with van der Waals surface area (Å²) in [6, 6.07) is 0. The average Bonchev–Trinajstić information content (AvgIpc) is 3.05. The van der Waals surface area contributed by atoms with E-state index in [1.165, 1.54) is 0 Å². The molecule has 13 N–H and O–H groups in total. The van der Waals surface area contributed by atoms with E-state index in [1.54, 1.807) is 13.8 Å². The molecule has 47 heavy (non-hydrogen) atoms. The van der Waals surface area contributed by atoms with Crippen LogP contribution in [0.25, 0.3) is 0 Å². The van der Waals surface area contributed by atoms with Crippen molar-refractivity contribution in [3.05, 3.63) is 0 Å². The Bertz CT molecular complexity index is 955. The Morgan fingerprint density at radius 2 is 0.723 bits per heavy atom. The lowest BCUT2D eigenvalue weighted by Gasteiger charge is -2.49. The highest BCUT2D eigenvalue weighted by molar-refractivity contribution is 4.98. The number of ether oxygens (including phenoxy) is 7. The van der Waals surface area contributed by atoms with Crippen LogP contribution in [-0.2, 0) is 33.2 Å². The fourth-order valence-corrected chi connectivity index (χ4v) is 6.15. The number of aliphatic hydroxyl groups is 13. The minimum atomic E-state index is -2.00. The molecule has 0 aromatic carbocycles. The Hall–Kier alpha value is -0.800. The Labute approximate surface area is 268 Å². The van der Waals surface area contributed by atoms with E-state index in [1.807, 2.05) is 0 Å². The van der Waals surface area contributed by atoms with Gasteiger partial charge in [-0.25, -0.2) is 0 Å². The van der Waals surface area contributed by atoms with Crippen molar-refractivity contribution < 1.29 is 99.5 Å².